The van der Waals surface area contributed by atoms with Crippen LogP contribution in [0.25, 0.3) is 0 Å². The average Bonchev–Trinajstić information content (AvgIpc) is 2.15. The second kappa shape index (κ2) is 4.98. The predicted molar refractivity (Wildman–Crippen MR) is 52.2 cm³/mol. The molecule has 0 atom stereocenters. The lowest BCUT2D eigenvalue weighted by Gasteiger charge is -2.07. The van der Waals surface area contributed by atoms with Gasteiger partial charge < -0.3 is 10.5 Å². The van der Waals surface area contributed by atoms with Gasteiger partial charge >= 0.3 is 12.1 Å². The summed E-state index contributed by atoms with van der Waals surface area (Å²) in [6, 6.07) is 0. The third kappa shape index (κ3) is 3.89. The van der Waals surface area contributed by atoms with Crippen LogP contribution in [-0.4, -0.2) is 28.7 Å². The van der Waals surface area contributed by atoms with Crippen LogP contribution < -0.4 is 5.73 Å². The van der Waals surface area contributed by atoms with Crippen LogP contribution in [0.15, 0.2) is 6.20 Å². The van der Waals surface area contributed by atoms with E-state index >= 15 is 0 Å². The van der Waals surface area contributed by atoms with Crippen molar-refractivity contribution in [2.24, 2.45) is 0 Å². The Kier molecular flexibility index (Phi) is 3.87. The van der Waals surface area contributed by atoms with Crippen LogP contribution in [-0.2, 0) is 11.2 Å². The summed E-state index contributed by atoms with van der Waals surface area (Å²) in [4.78, 5) is 18.1. The molecule has 0 aliphatic heterocycles. The van der Waals surface area contributed by atoms with Gasteiger partial charge in [0, 0.05) is 6.20 Å². The van der Waals surface area contributed by atoms with Crippen molar-refractivity contribution in [3.63, 3.8) is 0 Å². The maximum absolute atomic E-state index is 12.0. The summed E-state index contributed by atoms with van der Waals surface area (Å²) < 4.78 is 40.7. The largest absolute Gasteiger partial charge is 0.462 e. The van der Waals surface area contributed by atoms with Crippen molar-refractivity contribution in [2.75, 3.05) is 12.3 Å². The van der Waals surface area contributed by atoms with E-state index in [1.54, 1.807) is 6.92 Å². The monoisotopic (exact) mass is 249 g/mol. The number of nitrogens with zero attached hydrogens (tertiary/aromatic N) is 2. The molecule has 0 bridgehead atoms. The van der Waals surface area contributed by atoms with Crippen molar-refractivity contribution in [1.82, 2.24) is 9.97 Å². The minimum atomic E-state index is -4.42. The second-order valence-electron chi connectivity index (χ2n) is 3.10. The number of hydrogen-bond donors (Lipinski definition) is 1. The third-order valence-electron chi connectivity index (χ3n) is 1.72. The molecule has 1 rings (SSSR count). The molecule has 0 aromatic carbocycles. The zero-order valence-corrected chi connectivity index (χ0v) is 8.91. The molecular weight excluding hydrogens is 239 g/mol. The first kappa shape index (κ1) is 13.2. The fourth-order valence-corrected chi connectivity index (χ4v) is 1.06. The maximum atomic E-state index is 12.0. The Morgan fingerprint density at radius 2 is 2.18 bits per heavy atom. The highest BCUT2D eigenvalue weighted by Crippen LogP contribution is 2.20. The van der Waals surface area contributed by atoms with Gasteiger partial charge in [0.15, 0.2) is 0 Å². The standard InChI is InChI=1S/C9H10F3N3O2/c1-2-17-8(16)5-4-14-6(15-7(5)13)3-9(10,11)12/h4H,2-3H2,1H3,(H2,13,14,15). The molecule has 94 valence electrons. The van der Waals surface area contributed by atoms with Crippen molar-refractivity contribution < 1.29 is 22.7 Å². The normalized spacial score (nSPS) is 11.3. The van der Waals surface area contributed by atoms with E-state index in [-0.39, 0.29) is 18.0 Å². The van der Waals surface area contributed by atoms with E-state index in [0.717, 1.165) is 6.20 Å². The van der Waals surface area contributed by atoms with Crippen LogP contribution in [0.3, 0.4) is 0 Å². The first-order valence-corrected chi connectivity index (χ1v) is 4.68. The van der Waals surface area contributed by atoms with Gasteiger partial charge in [-0.25, -0.2) is 14.8 Å². The Hall–Kier alpha value is -1.86. The zero-order valence-electron chi connectivity index (χ0n) is 8.91. The van der Waals surface area contributed by atoms with Gasteiger partial charge in [-0.2, -0.15) is 13.2 Å². The molecule has 8 heteroatoms. The summed E-state index contributed by atoms with van der Waals surface area (Å²) in [7, 11) is 0. The van der Waals surface area contributed by atoms with Crippen LogP contribution in [0.4, 0.5) is 19.0 Å². The van der Waals surface area contributed by atoms with Crippen LogP contribution in [0.5, 0.6) is 0 Å². The number of carbonyl (C=O) groups excluding carboxylic acids is 1. The van der Waals surface area contributed by atoms with E-state index in [4.69, 9.17) is 5.73 Å². The maximum Gasteiger partial charge on any atom is 0.396 e. The molecule has 0 amide bonds. The minimum absolute atomic E-state index is 0.128. The van der Waals surface area contributed by atoms with Crippen LogP contribution in [0, 0.1) is 0 Å². The summed E-state index contributed by atoms with van der Waals surface area (Å²) >= 11 is 0. The average molecular weight is 249 g/mol. The van der Waals surface area contributed by atoms with E-state index in [1.807, 2.05) is 0 Å². The molecule has 1 heterocycles. The highest BCUT2D eigenvalue weighted by Gasteiger charge is 2.29. The van der Waals surface area contributed by atoms with Gasteiger partial charge in [-0.3, -0.25) is 0 Å². The number of hydrogen-bond acceptors (Lipinski definition) is 5. The fraction of sp³-hybridized carbons (Fsp3) is 0.444. The van der Waals surface area contributed by atoms with Gasteiger partial charge in [-0.1, -0.05) is 0 Å². The van der Waals surface area contributed by atoms with Crippen LogP contribution >= 0.6 is 0 Å². The molecule has 0 saturated carbocycles. The van der Waals surface area contributed by atoms with E-state index < -0.39 is 24.4 Å². The SMILES string of the molecule is CCOC(=O)c1cnc(CC(F)(F)F)nc1N. The summed E-state index contributed by atoms with van der Waals surface area (Å²) in [6.07, 6.45) is -4.78. The van der Waals surface area contributed by atoms with E-state index in [9.17, 15) is 18.0 Å². The molecule has 0 aliphatic carbocycles. The van der Waals surface area contributed by atoms with Crippen LogP contribution in [0.2, 0.25) is 0 Å². The van der Waals surface area contributed by atoms with Gasteiger partial charge in [0.25, 0.3) is 0 Å². The fourth-order valence-electron chi connectivity index (χ4n) is 1.06. The molecule has 2 N–H and O–H groups in total. The number of aromatic nitrogens is 2. The molecule has 0 spiro atoms. The van der Waals surface area contributed by atoms with Gasteiger partial charge in [0.1, 0.15) is 23.6 Å². The van der Waals surface area contributed by atoms with Crippen molar-refractivity contribution in [2.45, 2.75) is 19.5 Å². The van der Waals surface area contributed by atoms with Gasteiger partial charge in [-0.15, -0.1) is 0 Å². The number of halogens is 3. The summed E-state index contributed by atoms with van der Waals surface area (Å²) in [5.41, 5.74) is 5.21. The first-order chi connectivity index (χ1) is 7.83. The highest BCUT2D eigenvalue weighted by molar-refractivity contribution is 5.93. The zero-order chi connectivity index (χ0) is 13.1. The molecule has 17 heavy (non-hydrogen) atoms. The first-order valence-electron chi connectivity index (χ1n) is 4.68. The minimum Gasteiger partial charge on any atom is -0.462 e. The molecule has 5 nitrogen and oxygen atoms in total. The molecule has 0 fully saturated rings. The Balaban J connectivity index is 2.90. The molecule has 0 unspecified atom stereocenters. The van der Waals surface area contributed by atoms with E-state index in [2.05, 4.69) is 14.7 Å². The van der Waals surface area contributed by atoms with Gasteiger partial charge in [0.05, 0.1) is 6.61 Å². The third-order valence-corrected chi connectivity index (χ3v) is 1.72. The van der Waals surface area contributed by atoms with Crippen molar-refractivity contribution in [3.05, 3.63) is 17.6 Å². The van der Waals surface area contributed by atoms with Gasteiger partial charge in [0.2, 0.25) is 0 Å². The molecule has 0 aliphatic rings. The number of ether oxygens (including phenoxy) is 1. The van der Waals surface area contributed by atoms with Crippen LogP contribution in [0.1, 0.15) is 23.1 Å². The van der Waals surface area contributed by atoms with Crippen molar-refractivity contribution in [3.8, 4) is 0 Å². The number of nitrogen functional groups attached to an aromatic ring is 1. The Labute approximate surface area is 94.8 Å². The number of nitrogens with two attached hydrogens (primary N) is 1. The lowest BCUT2D eigenvalue weighted by Crippen LogP contribution is -2.17. The summed E-state index contributed by atoms with van der Waals surface area (Å²) in [5, 5.41) is 0. The smallest absolute Gasteiger partial charge is 0.396 e. The lowest BCUT2D eigenvalue weighted by molar-refractivity contribution is -0.128. The number of alkyl halides is 3. The summed E-state index contributed by atoms with van der Waals surface area (Å²) in [6.45, 7) is 1.72. The number of carbonyl (C=O) groups is 1. The Morgan fingerprint density at radius 3 is 2.65 bits per heavy atom. The lowest BCUT2D eigenvalue weighted by atomic mass is 10.3. The topological polar surface area (TPSA) is 78.1 Å². The second-order valence-corrected chi connectivity index (χ2v) is 3.10. The Morgan fingerprint density at radius 1 is 1.53 bits per heavy atom. The molecular formula is C9H10F3N3O2. The molecule has 1 aromatic heterocycles. The van der Waals surface area contributed by atoms with E-state index in [1.165, 1.54) is 0 Å². The number of esters is 1. The summed E-state index contributed by atoms with van der Waals surface area (Å²) in [5.74, 6) is -1.57. The molecule has 0 radical (unpaired) electrons. The van der Waals surface area contributed by atoms with Crippen molar-refractivity contribution >= 4 is 11.8 Å². The van der Waals surface area contributed by atoms with Crippen molar-refractivity contribution in [1.29, 1.82) is 0 Å². The predicted octanol–water partition coefficient (Wildman–Crippen LogP) is 1.34. The molecule has 1 aromatic rings. The number of anilines is 1. The highest BCUT2D eigenvalue weighted by atomic mass is 19.4. The van der Waals surface area contributed by atoms with Gasteiger partial charge in [-0.05, 0) is 6.92 Å². The Bertz CT molecular complexity index is 420. The quantitative estimate of drug-likeness (QED) is 0.818. The molecule has 0 saturated heterocycles. The number of rotatable bonds is 3. The van der Waals surface area contributed by atoms with E-state index in [0.29, 0.717) is 0 Å².